The molecule has 2 heterocycles. The molecule has 0 aliphatic carbocycles. The van der Waals surface area contributed by atoms with Crippen molar-refractivity contribution in [2.45, 2.75) is 38.5 Å². The zero-order chi connectivity index (χ0) is 15.2. The summed E-state index contributed by atoms with van der Waals surface area (Å²) in [6.07, 6.45) is 5.75. The molecule has 1 aliphatic heterocycles. The maximum Gasteiger partial charge on any atom is 0.226 e. The van der Waals surface area contributed by atoms with E-state index in [4.69, 9.17) is 9.47 Å². The third kappa shape index (κ3) is 3.80. The molecule has 1 fully saturated rings. The number of methoxy groups -OCH3 is 1. The summed E-state index contributed by atoms with van der Waals surface area (Å²) in [6, 6.07) is 4.07. The van der Waals surface area contributed by atoms with Gasteiger partial charge < -0.3 is 14.4 Å². The number of aromatic nitrogens is 1. The first-order valence-electron chi connectivity index (χ1n) is 7.48. The predicted octanol–water partition coefficient (Wildman–Crippen LogP) is 2.39. The molecular formula is C16H24N2O3. The molecule has 3 atom stereocenters. The third-order valence-corrected chi connectivity index (χ3v) is 4.11. The van der Waals surface area contributed by atoms with Crippen molar-refractivity contribution in [3.8, 4) is 0 Å². The Bertz CT molecular complexity index is 452. The minimum absolute atomic E-state index is 0.0401. The number of carbonyl (C=O) groups is 1. The third-order valence-electron chi connectivity index (χ3n) is 4.11. The molecule has 0 N–H and O–H groups in total. The molecule has 1 aliphatic rings. The minimum atomic E-state index is -0.217. The van der Waals surface area contributed by atoms with Crippen molar-refractivity contribution in [1.82, 2.24) is 9.88 Å². The van der Waals surface area contributed by atoms with E-state index < -0.39 is 0 Å². The van der Waals surface area contributed by atoms with Gasteiger partial charge in [-0.1, -0.05) is 6.07 Å². The number of amides is 1. The first-order valence-corrected chi connectivity index (χ1v) is 7.48. The second-order valence-corrected chi connectivity index (χ2v) is 5.38. The van der Waals surface area contributed by atoms with E-state index in [-0.39, 0.29) is 24.2 Å². The molecule has 116 valence electrons. The molecule has 1 saturated heterocycles. The van der Waals surface area contributed by atoms with Crippen LogP contribution < -0.4 is 0 Å². The van der Waals surface area contributed by atoms with Crippen molar-refractivity contribution in [3.63, 3.8) is 0 Å². The molecule has 5 heteroatoms. The van der Waals surface area contributed by atoms with Gasteiger partial charge >= 0.3 is 0 Å². The van der Waals surface area contributed by atoms with E-state index >= 15 is 0 Å². The average Bonchev–Trinajstić information content (AvgIpc) is 2.80. The van der Waals surface area contributed by atoms with Gasteiger partial charge in [0.1, 0.15) is 0 Å². The minimum Gasteiger partial charge on any atom is -0.356 e. The highest BCUT2D eigenvalue weighted by Crippen LogP contribution is 2.37. The Morgan fingerprint density at radius 3 is 2.95 bits per heavy atom. The highest BCUT2D eigenvalue weighted by atomic mass is 16.7. The van der Waals surface area contributed by atoms with Gasteiger partial charge in [0.05, 0.1) is 6.04 Å². The molecule has 3 unspecified atom stereocenters. The largest absolute Gasteiger partial charge is 0.356 e. The lowest BCUT2D eigenvalue weighted by Crippen LogP contribution is -2.25. The van der Waals surface area contributed by atoms with Crippen molar-refractivity contribution < 1.29 is 14.3 Å². The summed E-state index contributed by atoms with van der Waals surface area (Å²) >= 11 is 0. The average molecular weight is 292 g/mol. The van der Waals surface area contributed by atoms with Crippen LogP contribution in [0.5, 0.6) is 0 Å². The second-order valence-electron chi connectivity index (χ2n) is 5.38. The molecule has 0 spiro atoms. The van der Waals surface area contributed by atoms with E-state index in [0.717, 1.165) is 24.8 Å². The summed E-state index contributed by atoms with van der Waals surface area (Å²) in [4.78, 5) is 18.4. The summed E-state index contributed by atoms with van der Waals surface area (Å²) in [5.41, 5.74) is 1.10. The molecule has 1 amide bonds. The highest BCUT2D eigenvalue weighted by Gasteiger charge is 2.37. The van der Waals surface area contributed by atoms with Crippen LogP contribution in [0.2, 0.25) is 0 Å². The Morgan fingerprint density at radius 1 is 1.52 bits per heavy atom. The first-order chi connectivity index (χ1) is 10.2. The number of rotatable bonds is 7. The van der Waals surface area contributed by atoms with Crippen molar-refractivity contribution in [2.24, 2.45) is 5.92 Å². The summed E-state index contributed by atoms with van der Waals surface area (Å²) < 4.78 is 10.7. The molecule has 0 bridgehead atoms. The molecule has 1 aromatic rings. The molecular weight excluding hydrogens is 268 g/mol. The number of likely N-dealkylation sites (tertiary alicyclic amines) is 1. The summed E-state index contributed by atoms with van der Waals surface area (Å²) in [6.45, 7) is 2.56. The summed E-state index contributed by atoms with van der Waals surface area (Å²) in [7, 11) is 3.51. The van der Waals surface area contributed by atoms with Crippen molar-refractivity contribution in [3.05, 3.63) is 30.1 Å². The van der Waals surface area contributed by atoms with Crippen LogP contribution in [0.1, 0.15) is 37.8 Å². The number of pyridine rings is 1. The van der Waals surface area contributed by atoms with Crippen LogP contribution in [0.15, 0.2) is 24.5 Å². The van der Waals surface area contributed by atoms with Crippen molar-refractivity contribution in [1.29, 1.82) is 0 Å². The number of nitrogens with zero attached hydrogens (tertiary/aromatic N) is 2. The van der Waals surface area contributed by atoms with Gasteiger partial charge in [-0.3, -0.25) is 9.78 Å². The first kappa shape index (κ1) is 15.9. The normalized spacial score (nSPS) is 23.6. The van der Waals surface area contributed by atoms with Crippen molar-refractivity contribution in [2.75, 3.05) is 20.8 Å². The zero-order valence-corrected chi connectivity index (χ0v) is 13.0. The van der Waals surface area contributed by atoms with Crippen LogP contribution in [0.4, 0.5) is 0 Å². The topological polar surface area (TPSA) is 51.7 Å². The number of carbonyl (C=O) groups excluding carboxylic acids is 1. The Kier molecular flexibility index (Phi) is 5.70. The van der Waals surface area contributed by atoms with E-state index in [9.17, 15) is 4.79 Å². The fourth-order valence-electron chi connectivity index (χ4n) is 2.94. The predicted molar refractivity (Wildman–Crippen MR) is 79.5 cm³/mol. The molecule has 5 nitrogen and oxygen atoms in total. The van der Waals surface area contributed by atoms with E-state index in [1.54, 1.807) is 13.3 Å². The fraction of sp³-hybridized carbons (Fsp3) is 0.625. The van der Waals surface area contributed by atoms with Gasteiger partial charge in [-0.25, -0.2) is 0 Å². The lowest BCUT2D eigenvalue weighted by Gasteiger charge is -2.19. The molecule has 0 radical (unpaired) electrons. The Morgan fingerprint density at radius 2 is 2.33 bits per heavy atom. The molecule has 21 heavy (non-hydrogen) atoms. The van der Waals surface area contributed by atoms with Crippen LogP contribution in [0.3, 0.4) is 0 Å². The summed E-state index contributed by atoms with van der Waals surface area (Å²) in [5, 5.41) is 0. The van der Waals surface area contributed by atoms with Gasteiger partial charge in [-0.2, -0.15) is 0 Å². The molecule has 2 rings (SSSR count). The van der Waals surface area contributed by atoms with Crippen LogP contribution >= 0.6 is 0 Å². The van der Waals surface area contributed by atoms with E-state index in [1.807, 2.05) is 37.2 Å². The number of ether oxygens (including phenoxy) is 2. The SMILES string of the molecule is CCOC(CCC1CC(c2cccnc2)N(C)C1=O)OC. The van der Waals surface area contributed by atoms with E-state index in [1.165, 1.54) is 0 Å². The maximum absolute atomic E-state index is 12.4. The van der Waals surface area contributed by atoms with Crippen LogP contribution in [-0.2, 0) is 14.3 Å². The van der Waals surface area contributed by atoms with Crippen LogP contribution in [0.25, 0.3) is 0 Å². The Hall–Kier alpha value is -1.46. The van der Waals surface area contributed by atoms with E-state index in [0.29, 0.717) is 6.61 Å². The van der Waals surface area contributed by atoms with Gasteiger partial charge in [0.25, 0.3) is 0 Å². The monoisotopic (exact) mass is 292 g/mol. The van der Waals surface area contributed by atoms with Crippen LogP contribution in [-0.4, -0.2) is 42.8 Å². The van der Waals surface area contributed by atoms with Gasteiger partial charge in [0.2, 0.25) is 5.91 Å². The van der Waals surface area contributed by atoms with Gasteiger partial charge in [0, 0.05) is 39.1 Å². The standard InChI is InChI=1S/C16H24N2O3/c1-4-21-15(20-3)8-7-12-10-14(18(2)16(12)19)13-6-5-9-17-11-13/h5-6,9,11-12,14-15H,4,7-8,10H2,1-3H3. The number of hydrogen-bond donors (Lipinski definition) is 0. The maximum atomic E-state index is 12.4. The fourth-order valence-corrected chi connectivity index (χ4v) is 2.94. The van der Waals surface area contributed by atoms with Gasteiger partial charge in [0.15, 0.2) is 6.29 Å². The van der Waals surface area contributed by atoms with Crippen LogP contribution in [0, 0.1) is 5.92 Å². The van der Waals surface area contributed by atoms with Gasteiger partial charge in [-0.05, 0) is 37.8 Å². The lowest BCUT2D eigenvalue weighted by atomic mass is 9.96. The van der Waals surface area contributed by atoms with E-state index in [2.05, 4.69) is 4.98 Å². The quantitative estimate of drug-likeness (QED) is 0.724. The highest BCUT2D eigenvalue weighted by molar-refractivity contribution is 5.81. The second kappa shape index (κ2) is 7.52. The Balaban J connectivity index is 1.95. The summed E-state index contributed by atoms with van der Waals surface area (Å²) in [5.74, 6) is 0.244. The molecule has 0 aromatic carbocycles. The molecule has 1 aromatic heterocycles. The molecule has 0 saturated carbocycles. The lowest BCUT2D eigenvalue weighted by molar-refractivity contribution is -0.135. The van der Waals surface area contributed by atoms with Gasteiger partial charge in [-0.15, -0.1) is 0 Å². The number of hydrogen-bond acceptors (Lipinski definition) is 4. The van der Waals surface area contributed by atoms with Crippen molar-refractivity contribution >= 4 is 5.91 Å². The smallest absolute Gasteiger partial charge is 0.226 e. The Labute approximate surface area is 126 Å². The zero-order valence-electron chi connectivity index (χ0n) is 13.0.